The highest BCUT2D eigenvalue weighted by Crippen LogP contribution is 2.35. The molecule has 1 fully saturated rings. The molecule has 0 unspecified atom stereocenters. The standard InChI is InChI=1S/C27H20FN7OS/c28-22-8-7-21(37-22)18-5-2-6-20-23(18)33-26(32-20)24-19-10-16(12-30-25(19)35-34-24)15-9-17(13-29-11-15)31-27(36)14-3-1-4-14/h2,5-14H,1,3-4H2,(H,31,36)(H,32,33)(H,30,34,35). The molecule has 1 aromatic carbocycles. The van der Waals surface area contributed by atoms with E-state index in [0.717, 1.165) is 68.6 Å². The lowest BCUT2D eigenvalue weighted by Crippen LogP contribution is -2.28. The number of imidazole rings is 1. The van der Waals surface area contributed by atoms with Crippen molar-refractivity contribution in [3.8, 4) is 33.1 Å². The fourth-order valence-electron chi connectivity index (χ4n) is 4.62. The number of H-pyrrole nitrogens is 2. The van der Waals surface area contributed by atoms with E-state index in [2.05, 4.69) is 30.5 Å². The first-order chi connectivity index (χ1) is 18.1. The van der Waals surface area contributed by atoms with Gasteiger partial charge >= 0.3 is 0 Å². The van der Waals surface area contributed by atoms with Gasteiger partial charge in [0, 0.05) is 39.9 Å². The summed E-state index contributed by atoms with van der Waals surface area (Å²) in [6, 6.07) is 12.9. The molecule has 0 saturated heterocycles. The van der Waals surface area contributed by atoms with Gasteiger partial charge in [-0.25, -0.2) is 9.97 Å². The van der Waals surface area contributed by atoms with E-state index in [9.17, 15) is 9.18 Å². The van der Waals surface area contributed by atoms with E-state index in [1.165, 1.54) is 6.07 Å². The fourth-order valence-corrected chi connectivity index (χ4v) is 5.38. The second-order valence-electron chi connectivity index (χ2n) is 9.16. The Balaban J connectivity index is 1.26. The van der Waals surface area contributed by atoms with E-state index in [1.807, 2.05) is 30.3 Å². The van der Waals surface area contributed by atoms with Crippen LogP contribution in [-0.2, 0) is 4.79 Å². The van der Waals surface area contributed by atoms with E-state index in [0.29, 0.717) is 22.9 Å². The highest BCUT2D eigenvalue weighted by Gasteiger charge is 2.25. The van der Waals surface area contributed by atoms with E-state index < -0.39 is 0 Å². The molecule has 1 aliphatic carbocycles. The van der Waals surface area contributed by atoms with Crippen molar-refractivity contribution in [2.75, 3.05) is 5.32 Å². The molecule has 6 aromatic rings. The zero-order valence-electron chi connectivity index (χ0n) is 19.5. The molecule has 7 rings (SSSR count). The van der Waals surface area contributed by atoms with Crippen LogP contribution in [0.3, 0.4) is 0 Å². The molecule has 0 aliphatic heterocycles. The molecule has 1 aliphatic rings. The van der Waals surface area contributed by atoms with Gasteiger partial charge < -0.3 is 10.3 Å². The summed E-state index contributed by atoms with van der Waals surface area (Å²) in [5, 5.41) is 11.0. The molecule has 0 radical (unpaired) electrons. The first kappa shape index (κ1) is 21.8. The summed E-state index contributed by atoms with van der Waals surface area (Å²) >= 11 is 1.09. The maximum Gasteiger partial charge on any atom is 0.227 e. The van der Waals surface area contributed by atoms with Gasteiger partial charge in [-0.3, -0.25) is 14.9 Å². The molecule has 0 bridgehead atoms. The summed E-state index contributed by atoms with van der Waals surface area (Å²) in [6.45, 7) is 0. The van der Waals surface area contributed by atoms with Gasteiger partial charge in [0.2, 0.25) is 5.91 Å². The van der Waals surface area contributed by atoms with Crippen molar-refractivity contribution >= 4 is 45.0 Å². The van der Waals surface area contributed by atoms with Crippen molar-refractivity contribution in [3.63, 3.8) is 0 Å². The predicted octanol–water partition coefficient (Wildman–Crippen LogP) is 6.17. The van der Waals surface area contributed by atoms with Gasteiger partial charge in [-0.05, 0) is 43.2 Å². The average Bonchev–Trinajstić information content (AvgIpc) is 3.60. The van der Waals surface area contributed by atoms with Crippen LogP contribution in [0.15, 0.2) is 61.1 Å². The Bertz CT molecular complexity index is 1800. The lowest BCUT2D eigenvalue weighted by atomic mass is 9.85. The van der Waals surface area contributed by atoms with Gasteiger partial charge in [0.15, 0.2) is 16.6 Å². The monoisotopic (exact) mass is 509 g/mol. The number of amides is 1. The van der Waals surface area contributed by atoms with Crippen molar-refractivity contribution in [3.05, 3.63) is 66.2 Å². The largest absolute Gasteiger partial charge is 0.337 e. The predicted molar refractivity (Wildman–Crippen MR) is 141 cm³/mol. The number of pyridine rings is 2. The third-order valence-electron chi connectivity index (χ3n) is 6.81. The number of hydrogen-bond donors (Lipinski definition) is 3. The Morgan fingerprint density at radius 3 is 2.78 bits per heavy atom. The summed E-state index contributed by atoms with van der Waals surface area (Å²) in [6.07, 6.45) is 8.14. The lowest BCUT2D eigenvalue weighted by Gasteiger charge is -2.24. The van der Waals surface area contributed by atoms with Crippen LogP contribution in [0.1, 0.15) is 19.3 Å². The number of hydrogen-bond acceptors (Lipinski definition) is 6. The van der Waals surface area contributed by atoms with Crippen LogP contribution in [0.2, 0.25) is 0 Å². The van der Waals surface area contributed by atoms with E-state index >= 15 is 0 Å². The van der Waals surface area contributed by atoms with Gasteiger partial charge in [-0.1, -0.05) is 18.6 Å². The third kappa shape index (κ3) is 3.86. The van der Waals surface area contributed by atoms with Crippen LogP contribution in [0, 0.1) is 11.0 Å². The second kappa shape index (κ2) is 8.59. The molecular formula is C27H20FN7OS. The van der Waals surface area contributed by atoms with Gasteiger partial charge in [0.1, 0.15) is 5.69 Å². The van der Waals surface area contributed by atoms with E-state index in [4.69, 9.17) is 4.98 Å². The molecule has 5 aromatic heterocycles. The highest BCUT2D eigenvalue weighted by atomic mass is 32.1. The smallest absolute Gasteiger partial charge is 0.227 e. The molecule has 37 heavy (non-hydrogen) atoms. The number of carbonyl (C=O) groups is 1. The minimum atomic E-state index is -0.235. The number of rotatable bonds is 5. The number of nitrogens with one attached hydrogen (secondary N) is 3. The number of nitrogens with zero attached hydrogens (tertiary/aromatic N) is 4. The molecule has 3 N–H and O–H groups in total. The molecule has 182 valence electrons. The lowest BCUT2D eigenvalue weighted by molar-refractivity contribution is -0.122. The Labute approximate surface area is 214 Å². The van der Waals surface area contributed by atoms with Gasteiger partial charge in [-0.2, -0.15) is 9.49 Å². The summed E-state index contributed by atoms with van der Waals surface area (Å²) in [5.41, 5.74) is 6.04. The molecule has 0 spiro atoms. The number of anilines is 1. The second-order valence-corrected chi connectivity index (χ2v) is 10.2. The Kier molecular flexibility index (Phi) is 5.07. The molecule has 1 amide bonds. The molecular weight excluding hydrogens is 489 g/mol. The van der Waals surface area contributed by atoms with Crippen LogP contribution < -0.4 is 5.32 Å². The molecule has 1 saturated carbocycles. The van der Waals surface area contributed by atoms with E-state index in [-0.39, 0.29) is 17.0 Å². The van der Waals surface area contributed by atoms with E-state index in [1.54, 1.807) is 24.7 Å². The van der Waals surface area contributed by atoms with Crippen molar-refractivity contribution in [1.29, 1.82) is 0 Å². The highest BCUT2D eigenvalue weighted by molar-refractivity contribution is 7.14. The quantitative estimate of drug-likeness (QED) is 0.257. The number of carbonyl (C=O) groups excluding carboxylic acids is 1. The number of aromatic amines is 2. The van der Waals surface area contributed by atoms with Crippen LogP contribution in [0.4, 0.5) is 10.1 Å². The Morgan fingerprint density at radius 2 is 1.97 bits per heavy atom. The number of fused-ring (bicyclic) bond motifs is 2. The van der Waals surface area contributed by atoms with Crippen molar-refractivity contribution in [2.45, 2.75) is 19.3 Å². The van der Waals surface area contributed by atoms with Crippen LogP contribution in [-0.4, -0.2) is 36.0 Å². The minimum absolute atomic E-state index is 0.0467. The van der Waals surface area contributed by atoms with Gasteiger partial charge in [-0.15, -0.1) is 11.3 Å². The third-order valence-corrected chi connectivity index (χ3v) is 7.71. The number of benzene rings is 1. The first-order valence-electron chi connectivity index (χ1n) is 12.0. The molecule has 5 heterocycles. The zero-order valence-corrected chi connectivity index (χ0v) is 20.3. The number of thiophene rings is 1. The molecule has 0 atom stereocenters. The Hall–Kier alpha value is -4.44. The van der Waals surface area contributed by atoms with Crippen LogP contribution >= 0.6 is 11.3 Å². The average molecular weight is 510 g/mol. The van der Waals surface area contributed by atoms with Gasteiger partial charge in [0.05, 0.1) is 28.3 Å². The van der Waals surface area contributed by atoms with Gasteiger partial charge in [0.25, 0.3) is 0 Å². The summed E-state index contributed by atoms with van der Waals surface area (Å²) in [4.78, 5) is 30.2. The maximum atomic E-state index is 13.7. The SMILES string of the molecule is O=C(Nc1cncc(-c2cnc3[nH]nc(-c4nc5c(-c6ccc(F)s6)cccc5[nH]4)c3c2)c1)C1CCC1. The Morgan fingerprint density at radius 1 is 1.08 bits per heavy atom. The zero-order chi connectivity index (χ0) is 24.9. The minimum Gasteiger partial charge on any atom is -0.337 e. The van der Waals surface area contributed by atoms with Crippen molar-refractivity contribution in [2.24, 2.45) is 5.92 Å². The number of para-hydroxylation sites is 1. The topological polar surface area (TPSA) is 112 Å². The maximum absolute atomic E-state index is 13.7. The van der Waals surface area contributed by atoms with Crippen LogP contribution in [0.5, 0.6) is 0 Å². The molecule has 8 nitrogen and oxygen atoms in total. The van der Waals surface area contributed by atoms with Crippen molar-refractivity contribution < 1.29 is 9.18 Å². The summed E-state index contributed by atoms with van der Waals surface area (Å²) in [5.74, 6) is 0.730. The van der Waals surface area contributed by atoms with Crippen molar-refractivity contribution in [1.82, 2.24) is 30.1 Å². The number of halogens is 1. The summed E-state index contributed by atoms with van der Waals surface area (Å²) in [7, 11) is 0. The normalized spacial score (nSPS) is 13.8. The summed E-state index contributed by atoms with van der Waals surface area (Å²) < 4.78 is 13.7. The van der Waals surface area contributed by atoms with Crippen LogP contribution in [0.25, 0.3) is 55.2 Å². The molecule has 10 heteroatoms. The number of aromatic nitrogens is 6. The fraction of sp³-hybridized carbons (Fsp3) is 0.148. The first-order valence-corrected chi connectivity index (χ1v) is 12.8.